The number of aromatic amines is 1. The summed E-state index contributed by atoms with van der Waals surface area (Å²) in [6, 6.07) is 30.8. The molecule has 2 aromatic heterocycles. The molecule has 13 heteroatoms. The SMILES string of the molecule is CCC[C@H]1COC[C@@H](c2ccc(-n3cc4cc(-c5cc(CCC[C@H](C)NC(=O)OCc6ccccc6)cc(Cl)c5F)[nH]c4nc3=O)cc2)N1C(=O)OCc1ccccc1. The maximum Gasteiger partial charge on any atom is 0.411 e. The lowest BCUT2D eigenvalue weighted by atomic mass is 10.0. The quantitative estimate of drug-likeness (QED) is 0.112. The number of fused-ring (bicyclic) bond motifs is 1. The Morgan fingerprint density at radius 2 is 1.64 bits per heavy atom. The number of hydrogen-bond donors (Lipinski definition) is 2. The zero-order valence-electron chi connectivity index (χ0n) is 33.0. The predicted octanol–water partition coefficient (Wildman–Crippen LogP) is 9.69. The molecule has 11 nitrogen and oxygen atoms in total. The second kappa shape index (κ2) is 19.2. The highest BCUT2D eigenvalue weighted by atomic mass is 35.5. The third kappa shape index (κ3) is 10.2. The van der Waals surface area contributed by atoms with Gasteiger partial charge >= 0.3 is 17.9 Å². The Morgan fingerprint density at radius 3 is 2.34 bits per heavy atom. The van der Waals surface area contributed by atoms with Crippen LogP contribution < -0.4 is 11.0 Å². The molecule has 3 heterocycles. The Bertz CT molecular complexity index is 2420. The molecule has 59 heavy (non-hydrogen) atoms. The van der Waals surface area contributed by atoms with Crippen molar-refractivity contribution in [3.63, 3.8) is 0 Å². The number of nitrogens with zero attached hydrogens (tertiary/aromatic N) is 3. The summed E-state index contributed by atoms with van der Waals surface area (Å²) >= 11 is 6.38. The second-order valence-corrected chi connectivity index (χ2v) is 15.3. The maximum atomic E-state index is 15.5. The molecule has 0 aliphatic carbocycles. The van der Waals surface area contributed by atoms with E-state index in [0.717, 1.165) is 35.1 Å². The van der Waals surface area contributed by atoms with Crippen molar-refractivity contribution in [1.29, 1.82) is 0 Å². The van der Waals surface area contributed by atoms with Crippen LogP contribution in [0.25, 0.3) is 28.0 Å². The van der Waals surface area contributed by atoms with Crippen molar-refractivity contribution in [1.82, 2.24) is 24.8 Å². The molecule has 2 N–H and O–H groups in total. The Balaban J connectivity index is 1.03. The number of aromatic nitrogens is 3. The van der Waals surface area contributed by atoms with Crippen molar-refractivity contribution >= 4 is 34.8 Å². The molecule has 1 saturated heterocycles. The molecule has 306 valence electrons. The second-order valence-electron chi connectivity index (χ2n) is 14.9. The summed E-state index contributed by atoms with van der Waals surface area (Å²) in [5.74, 6) is -0.588. The van der Waals surface area contributed by atoms with Crippen molar-refractivity contribution in [2.45, 2.75) is 77.3 Å². The van der Waals surface area contributed by atoms with Gasteiger partial charge in [-0.3, -0.25) is 9.47 Å². The Labute approximate surface area is 347 Å². The lowest BCUT2D eigenvalue weighted by molar-refractivity contribution is -0.0493. The van der Waals surface area contributed by atoms with Gasteiger partial charge in [0.05, 0.1) is 41.7 Å². The first kappa shape index (κ1) is 41.2. The van der Waals surface area contributed by atoms with Crippen LogP contribution in [0.1, 0.15) is 67.8 Å². The van der Waals surface area contributed by atoms with E-state index in [-0.39, 0.29) is 41.9 Å². The molecular formula is C46H47ClFN5O6. The third-order valence-corrected chi connectivity index (χ3v) is 10.7. The number of aryl methyl sites for hydroxylation is 1. The van der Waals surface area contributed by atoms with Gasteiger partial charge in [-0.05, 0) is 85.2 Å². The first-order chi connectivity index (χ1) is 28.7. The maximum absolute atomic E-state index is 15.5. The van der Waals surface area contributed by atoms with Crippen molar-refractivity contribution < 1.29 is 28.2 Å². The average Bonchev–Trinajstić information content (AvgIpc) is 3.66. The van der Waals surface area contributed by atoms with Crippen LogP contribution in [0, 0.1) is 5.82 Å². The largest absolute Gasteiger partial charge is 0.445 e. The predicted molar refractivity (Wildman–Crippen MR) is 225 cm³/mol. The molecule has 0 saturated carbocycles. The number of amides is 2. The minimum absolute atomic E-state index is 0.0214. The van der Waals surface area contributed by atoms with E-state index in [9.17, 15) is 14.4 Å². The first-order valence-corrected chi connectivity index (χ1v) is 20.3. The monoisotopic (exact) mass is 819 g/mol. The minimum atomic E-state index is -0.588. The molecule has 1 aliphatic rings. The van der Waals surface area contributed by atoms with E-state index in [2.05, 4.69) is 22.2 Å². The van der Waals surface area contributed by atoms with E-state index < -0.39 is 23.7 Å². The minimum Gasteiger partial charge on any atom is -0.445 e. The van der Waals surface area contributed by atoms with Gasteiger partial charge in [0.2, 0.25) is 0 Å². The van der Waals surface area contributed by atoms with Crippen molar-refractivity contribution in [2.75, 3.05) is 13.2 Å². The first-order valence-electron chi connectivity index (χ1n) is 19.9. The fourth-order valence-electron chi connectivity index (χ4n) is 7.43. The molecule has 0 bridgehead atoms. The summed E-state index contributed by atoms with van der Waals surface area (Å²) in [4.78, 5) is 48.4. The smallest absolute Gasteiger partial charge is 0.411 e. The van der Waals surface area contributed by atoms with Gasteiger partial charge in [-0.15, -0.1) is 0 Å². The van der Waals surface area contributed by atoms with E-state index in [1.807, 2.05) is 91.9 Å². The molecule has 1 fully saturated rings. The van der Waals surface area contributed by atoms with Crippen LogP contribution in [0.5, 0.6) is 0 Å². The van der Waals surface area contributed by atoms with Crippen molar-refractivity contribution in [3.05, 3.63) is 153 Å². The highest BCUT2D eigenvalue weighted by molar-refractivity contribution is 6.31. The highest BCUT2D eigenvalue weighted by Gasteiger charge is 2.36. The zero-order chi connectivity index (χ0) is 41.3. The number of carbonyl (C=O) groups excluding carboxylic acids is 2. The van der Waals surface area contributed by atoms with E-state index in [1.165, 1.54) is 4.57 Å². The molecule has 2 amide bonds. The topological polar surface area (TPSA) is 128 Å². The Kier molecular flexibility index (Phi) is 13.4. The van der Waals surface area contributed by atoms with Crippen molar-refractivity contribution in [3.8, 4) is 16.9 Å². The molecule has 6 aromatic rings. The summed E-state index contributed by atoms with van der Waals surface area (Å²) in [7, 11) is 0. The molecule has 1 aliphatic heterocycles. The Hall–Kier alpha value is -5.98. The van der Waals surface area contributed by atoms with Gasteiger partial charge in [-0.1, -0.05) is 97.7 Å². The van der Waals surface area contributed by atoms with Gasteiger partial charge in [0, 0.05) is 23.2 Å². The van der Waals surface area contributed by atoms with Crippen LogP contribution in [0.15, 0.2) is 114 Å². The number of benzene rings is 4. The highest BCUT2D eigenvalue weighted by Crippen LogP contribution is 2.33. The number of H-pyrrole nitrogens is 1. The molecule has 3 atom stereocenters. The van der Waals surface area contributed by atoms with E-state index in [4.69, 9.17) is 25.8 Å². The fraction of sp³-hybridized carbons (Fsp3) is 0.304. The van der Waals surface area contributed by atoms with Crippen molar-refractivity contribution in [2.24, 2.45) is 0 Å². The van der Waals surface area contributed by atoms with Gasteiger partial charge in [0.15, 0.2) is 5.82 Å². The number of hydrogen-bond acceptors (Lipinski definition) is 7. The van der Waals surface area contributed by atoms with Gasteiger partial charge in [-0.2, -0.15) is 4.98 Å². The summed E-state index contributed by atoms with van der Waals surface area (Å²) in [6.45, 7) is 5.07. The number of ether oxygens (including phenoxy) is 3. The van der Waals surface area contributed by atoms with Gasteiger partial charge in [0.1, 0.15) is 18.9 Å². The normalized spacial score (nSPS) is 15.8. The number of nitrogens with one attached hydrogen (secondary N) is 2. The number of carbonyl (C=O) groups is 2. The van der Waals surface area contributed by atoms with E-state index in [0.29, 0.717) is 54.9 Å². The molecular weight excluding hydrogens is 773 g/mol. The van der Waals surface area contributed by atoms with Crippen LogP contribution in [-0.4, -0.2) is 56.9 Å². The van der Waals surface area contributed by atoms with Crippen LogP contribution in [0.2, 0.25) is 5.02 Å². The molecule has 0 spiro atoms. The average molecular weight is 820 g/mol. The number of rotatable bonds is 14. The van der Waals surface area contributed by atoms with Crippen LogP contribution in [-0.2, 0) is 33.8 Å². The molecule has 0 unspecified atom stereocenters. The number of morpholine rings is 1. The van der Waals surface area contributed by atoms with Gasteiger partial charge < -0.3 is 24.5 Å². The molecule has 7 rings (SSSR count). The lowest BCUT2D eigenvalue weighted by Crippen LogP contribution is -2.50. The summed E-state index contributed by atoms with van der Waals surface area (Å²) in [6.07, 6.45) is 4.39. The number of alkyl carbamates (subject to hydrolysis) is 1. The zero-order valence-corrected chi connectivity index (χ0v) is 33.8. The standard InChI is InChI=1S/C46H47ClFN5O6/c1-3-11-37-28-57-29-41(53(37)46(56)59-27-32-15-8-5-9-16-32)34-18-20-36(21-19-34)52-25-35-24-40(50-43(35)51-44(52)54)38-22-33(23-39(47)42(38)48)17-10-12-30(2)49-45(55)58-26-31-13-6-4-7-14-31/h4-9,13-16,18-25,30,37,41H,3,10-12,17,26-29H2,1-2H3,(H,49,55)(H,50,51,54)/t30-,37-,41-/m0/s1. The summed E-state index contributed by atoms with van der Waals surface area (Å²) in [5, 5.41) is 3.43. The van der Waals surface area contributed by atoms with Gasteiger partial charge in [0.25, 0.3) is 0 Å². The van der Waals surface area contributed by atoms with E-state index >= 15 is 4.39 Å². The van der Waals surface area contributed by atoms with E-state index in [1.54, 1.807) is 29.3 Å². The van der Waals surface area contributed by atoms with Gasteiger partial charge in [-0.25, -0.2) is 18.8 Å². The fourth-order valence-corrected chi connectivity index (χ4v) is 7.67. The Morgan fingerprint density at radius 1 is 0.949 bits per heavy atom. The molecule has 0 radical (unpaired) electrons. The summed E-state index contributed by atoms with van der Waals surface area (Å²) < 4.78 is 34.0. The van der Waals surface area contributed by atoms with Crippen LogP contribution >= 0.6 is 11.6 Å². The summed E-state index contributed by atoms with van der Waals surface area (Å²) in [5.41, 5.74) is 4.52. The van der Waals surface area contributed by atoms with Crippen LogP contribution in [0.4, 0.5) is 14.0 Å². The third-order valence-electron chi connectivity index (χ3n) is 10.5. The van der Waals surface area contributed by atoms with Crippen LogP contribution in [0.3, 0.4) is 0 Å². The lowest BCUT2D eigenvalue weighted by Gasteiger charge is -2.41. The molecule has 4 aromatic carbocycles. The number of halogens is 2.